The Balaban J connectivity index is 1.75. The van der Waals surface area contributed by atoms with Crippen molar-refractivity contribution in [1.82, 2.24) is 9.80 Å². The highest BCUT2D eigenvalue weighted by atomic mass is 79.9. The van der Waals surface area contributed by atoms with E-state index in [0.717, 1.165) is 41.0 Å². The fourth-order valence-corrected chi connectivity index (χ4v) is 4.33. The van der Waals surface area contributed by atoms with Gasteiger partial charge in [-0.3, -0.25) is 9.69 Å². The molecule has 106 valence electrons. The van der Waals surface area contributed by atoms with Gasteiger partial charge in [0.1, 0.15) is 0 Å². The average Bonchev–Trinajstić information content (AvgIpc) is 2.67. The molecule has 0 amide bonds. The minimum absolute atomic E-state index is 0.241. The maximum Gasteiger partial charge on any atom is 0.304 e. The molecule has 7 heteroatoms. The number of carboxylic acid groups (broad SMARTS) is 1. The number of carboxylic acids is 1. The molecule has 0 spiro atoms. The number of hydrogen-bond donors (Lipinski definition) is 1. The summed E-state index contributed by atoms with van der Waals surface area (Å²) in [7, 11) is 0. The van der Waals surface area contributed by atoms with E-state index in [1.54, 1.807) is 11.3 Å². The first-order chi connectivity index (χ1) is 9.04. The number of nitrogens with zero attached hydrogens (tertiary/aromatic N) is 2. The number of hydrogen-bond acceptors (Lipinski definition) is 4. The maximum atomic E-state index is 10.5. The van der Waals surface area contributed by atoms with Gasteiger partial charge < -0.3 is 10.0 Å². The second-order valence-corrected chi connectivity index (χ2v) is 7.90. The molecule has 0 aromatic carbocycles. The van der Waals surface area contributed by atoms with Crippen LogP contribution in [0.15, 0.2) is 14.3 Å². The predicted molar refractivity (Wildman–Crippen MR) is 83.7 cm³/mol. The van der Waals surface area contributed by atoms with E-state index in [1.807, 2.05) is 0 Å². The molecule has 1 N–H and O–H groups in total. The molecular formula is C12H16Br2N2O2S. The Labute approximate surface area is 133 Å². The van der Waals surface area contributed by atoms with Crippen molar-refractivity contribution < 1.29 is 9.90 Å². The highest BCUT2D eigenvalue weighted by molar-refractivity contribution is 9.13. The Bertz CT molecular complexity index is 425. The van der Waals surface area contributed by atoms with Crippen LogP contribution in [0.4, 0.5) is 0 Å². The molecule has 1 saturated heterocycles. The molecule has 19 heavy (non-hydrogen) atoms. The molecule has 0 unspecified atom stereocenters. The first kappa shape index (κ1) is 15.4. The van der Waals surface area contributed by atoms with Gasteiger partial charge in [0, 0.05) is 48.6 Å². The number of aliphatic carboxylic acids is 1. The van der Waals surface area contributed by atoms with Crippen LogP contribution < -0.4 is 0 Å². The van der Waals surface area contributed by atoms with E-state index >= 15 is 0 Å². The van der Waals surface area contributed by atoms with Crippen LogP contribution in [0, 0.1) is 0 Å². The number of carbonyl (C=O) groups is 1. The fourth-order valence-electron chi connectivity index (χ4n) is 2.11. The Morgan fingerprint density at radius 3 is 2.42 bits per heavy atom. The third-order valence-electron chi connectivity index (χ3n) is 3.18. The lowest BCUT2D eigenvalue weighted by Crippen LogP contribution is -2.46. The Kier molecular flexibility index (Phi) is 5.83. The lowest BCUT2D eigenvalue weighted by atomic mass is 10.3. The molecule has 2 rings (SSSR count). The lowest BCUT2D eigenvalue weighted by Gasteiger charge is -2.34. The second-order valence-electron chi connectivity index (χ2n) is 4.60. The van der Waals surface area contributed by atoms with Crippen LogP contribution in [0.1, 0.15) is 11.3 Å². The molecule has 1 aliphatic rings. The van der Waals surface area contributed by atoms with Crippen LogP contribution in [-0.2, 0) is 11.3 Å². The summed E-state index contributed by atoms with van der Waals surface area (Å²) in [5.41, 5.74) is 0. The van der Waals surface area contributed by atoms with Crippen LogP contribution in [0.25, 0.3) is 0 Å². The zero-order chi connectivity index (χ0) is 13.8. The molecule has 2 heterocycles. The van der Waals surface area contributed by atoms with Gasteiger partial charge in [-0.15, -0.1) is 11.3 Å². The quantitative estimate of drug-likeness (QED) is 0.808. The third kappa shape index (κ3) is 4.82. The SMILES string of the molecule is O=C(O)CCN1CCN(Cc2cc(Br)c(Br)s2)CC1. The first-order valence-electron chi connectivity index (χ1n) is 6.15. The summed E-state index contributed by atoms with van der Waals surface area (Å²) in [6.07, 6.45) is 0.241. The molecule has 0 bridgehead atoms. The van der Waals surface area contributed by atoms with Crippen LogP contribution in [0.5, 0.6) is 0 Å². The highest BCUT2D eigenvalue weighted by Crippen LogP contribution is 2.33. The standard InChI is InChI=1S/C12H16Br2N2O2S/c13-10-7-9(19-12(10)14)8-16-5-3-15(4-6-16)2-1-11(17)18/h7H,1-6,8H2,(H,17,18). The molecule has 1 aliphatic heterocycles. The second kappa shape index (κ2) is 7.17. The number of piperazine rings is 1. The van der Waals surface area contributed by atoms with Crippen molar-refractivity contribution in [1.29, 1.82) is 0 Å². The van der Waals surface area contributed by atoms with Crippen molar-refractivity contribution in [3.63, 3.8) is 0 Å². The molecule has 0 saturated carbocycles. The van der Waals surface area contributed by atoms with Crippen molar-refractivity contribution in [3.8, 4) is 0 Å². The van der Waals surface area contributed by atoms with Crippen LogP contribution in [0.3, 0.4) is 0 Å². The van der Waals surface area contributed by atoms with Crippen molar-refractivity contribution in [2.45, 2.75) is 13.0 Å². The molecule has 0 radical (unpaired) electrons. The van der Waals surface area contributed by atoms with Crippen molar-refractivity contribution in [2.24, 2.45) is 0 Å². The zero-order valence-corrected chi connectivity index (χ0v) is 14.4. The summed E-state index contributed by atoms with van der Waals surface area (Å²) >= 11 is 8.78. The highest BCUT2D eigenvalue weighted by Gasteiger charge is 2.18. The number of rotatable bonds is 5. The molecule has 1 aromatic rings. The smallest absolute Gasteiger partial charge is 0.304 e. The van der Waals surface area contributed by atoms with E-state index in [0.29, 0.717) is 6.54 Å². The van der Waals surface area contributed by atoms with Crippen molar-refractivity contribution >= 4 is 49.2 Å². The van der Waals surface area contributed by atoms with Crippen LogP contribution in [-0.4, -0.2) is 53.6 Å². The van der Waals surface area contributed by atoms with E-state index in [4.69, 9.17) is 5.11 Å². The third-order valence-corrected chi connectivity index (χ3v) is 6.42. The average molecular weight is 412 g/mol. The van der Waals surface area contributed by atoms with E-state index in [9.17, 15) is 4.79 Å². The maximum absolute atomic E-state index is 10.5. The van der Waals surface area contributed by atoms with Crippen LogP contribution >= 0.6 is 43.2 Å². The lowest BCUT2D eigenvalue weighted by molar-refractivity contribution is -0.137. The van der Waals surface area contributed by atoms with E-state index in [2.05, 4.69) is 47.7 Å². The molecule has 4 nitrogen and oxygen atoms in total. The summed E-state index contributed by atoms with van der Waals surface area (Å²) in [5.74, 6) is -0.712. The van der Waals surface area contributed by atoms with E-state index in [-0.39, 0.29) is 6.42 Å². The van der Waals surface area contributed by atoms with Gasteiger partial charge in [0.05, 0.1) is 10.2 Å². The number of thiophene rings is 1. The van der Waals surface area contributed by atoms with Crippen LogP contribution in [0.2, 0.25) is 0 Å². The molecule has 0 atom stereocenters. The predicted octanol–water partition coefficient (Wildman–Crippen LogP) is 2.87. The van der Waals surface area contributed by atoms with Gasteiger partial charge in [-0.2, -0.15) is 0 Å². The van der Waals surface area contributed by atoms with Crippen molar-refractivity contribution in [2.75, 3.05) is 32.7 Å². The topological polar surface area (TPSA) is 43.8 Å². The summed E-state index contributed by atoms with van der Waals surface area (Å²) in [6, 6.07) is 2.16. The Morgan fingerprint density at radius 2 is 1.89 bits per heavy atom. The van der Waals surface area contributed by atoms with Gasteiger partial charge in [0.2, 0.25) is 0 Å². The Hall–Kier alpha value is 0.0500. The summed E-state index contributed by atoms with van der Waals surface area (Å²) < 4.78 is 2.26. The monoisotopic (exact) mass is 410 g/mol. The van der Waals surface area contributed by atoms with Gasteiger partial charge in [-0.25, -0.2) is 0 Å². The van der Waals surface area contributed by atoms with Gasteiger partial charge >= 0.3 is 5.97 Å². The molecule has 1 fully saturated rings. The summed E-state index contributed by atoms with van der Waals surface area (Å²) in [6.45, 7) is 5.57. The first-order valence-corrected chi connectivity index (χ1v) is 8.55. The normalized spacial score (nSPS) is 17.8. The molecule has 0 aliphatic carbocycles. The largest absolute Gasteiger partial charge is 0.481 e. The van der Waals surface area contributed by atoms with E-state index < -0.39 is 5.97 Å². The van der Waals surface area contributed by atoms with E-state index in [1.165, 1.54) is 4.88 Å². The zero-order valence-electron chi connectivity index (χ0n) is 10.4. The van der Waals surface area contributed by atoms with Gasteiger partial charge in [0.25, 0.3) is 0 Å². The molecule has 1 aromatic heterocycles. The van der Waals surface area contributed by atoms with Gasteiger partial charge in [-0.05, 0) is 37.9 Å². The van der Waals surface area contributed by atoms with Gasteiger partial charge in [0.15, 0.2) is 0 Å². The summed E-state index contributed by atoms with van der Waals surface area (Å²) in [4.78, 5) is 16.5. The Morgan fingerprint density at radius 1 is 1.26 bits per heavy atom. The summed E-state index contributed by atoms with van der Waals surface area (Å²) in [5, 5.41) is 8.67. The van der Waals surface area contributed by atoms with Crippen molar-refractivity contribution in [3.05, 3.63) is 19.2 Å². The minimum Gasteiger partial charge on any atom is -0.481 e. The number of halogens is 2. The van der Waals surface area contributed by atoms with Gasteiger partial charge in [-0.1, -0.05) is 0 Å². The molecular weight excluding hydrogens is 396 g/mol. The fraction of sp³-hybridized carbons (Fsp3) is 0.583. The minimum atomic E-state index is -0.712.